The van der Waals surface area contributed by atoms with Gasteiger partial charge in [-0.15, -0.1) is 0 Å². The number of nitrogens with zero attached hydrogens (tertiary/aromatic N) is 1. The van der Waals surface area contributed by atoms with Crippen LogP contribution in [0, 0.1) is 5.82 Å². The summed E-state index contributed by atoms with van der Waals surface area (Å²) in [5.41, 5.74) is 0. The quantitative estimate of drug-likeness (QED) is 0.810. The van der Waals surface area contributed by atoms with Crippen LogP contribution in [0.4, 0.5) is 4.39 Å². The number of carboxylic acid groups (broad SMARTS) is 1. The molecule has 0 bridgehead atoms. The van der Waals surface area contributed by atoms with Crippen molar-refractivity contribution in [1.29, 1.82) is 0 Å². The van der Waals surface area contributed by atoms with Crippen LogP contribution in [0.2, 0.25) is 5.02 Å². The minimum Gasteiger partial charge on any atom is -0.480 e. The smallest absolute Gasteiger partial charge is 0.322 e. The Bertz CT molecular complexity index is 667. The number of halogens is 3. The molecule has 0 saturated carbocycles. The Balaban J connectivity index is 2.50. The van der Waals surface area contributed by atoms with Crippen LogP contribution >= 0.6 is 27.5 Å². The molecule has 2 rings (SSSR count). The summed E-state index contributed by atoms with van der Waals surface area (Å²) >= 11 is 8.78. The summed E-state index contributed by atoms with van der Waals surface area (Å²) in [4.78, 5) is 10.5. The van der Waals surface area contributed by atoms with Crippen molar-refractivity contribution in [2.24, 2.45) is 0 Å². The second kappa shape index (κ2) is 5.59. The molecule has 1 heterocycles. The zero-order chi connectivity index (χ0) is 15.1. The molecule has 0 aromatic heterocycles. The number of rotatable bonds is 3. The van der Waals surface area contributed by atoms with Crippen molar-refractivity contribution in [3.8, 4) is 0 Å². The van der Waals surface area contributed by atoms with Crippen molar-refractivity contribution in [3.05, 3.63) is 27.4 Å². The maximum atomic E-state index is 13.9. The highest BCUT2D eigenvalue weighted by atomic mass is 79.9. The van der Waals surface area contributed by atoms with E-state index in [4.69, 9.17) is 16.7 Å². The second-order valence-electron chi connectivity index (χ2n) is 4.31. The Labute approximate surface area is 128 Å². The summed E-state index contributed by atoms with van der Waals surface area (Å²) in [7, 11) is -4.23. The number of benzene rings is 1. The van der Waals surface area contributed by atoms with Crippen molar-refractivity contribution in [2.45, 2.75) is 23.8 Å². The highest BCUT2D eigenvalue weighted by Gasteiger charge is 2.40. The number of carboxylic acids is 1. The van der Waals surface area contributed by atoms with Gasteiger partial charge in [0.05, 0.1) is 5.02 Å². The van der Waals surface area contributed by atoms with Crippen LogP contribution in [0.25, 0.3) is 0 Å². The van der Waals surface area contributed by atoms with Crippen molar-refractivity contribution in [1.82, 2.24) is 4.31 Å². The molecule has 0 spiro atoms. The van der Waals surface area contributed by atoms with E-state index in [1.807, 2.05) is 0 Å². The molecule has 5 nitrogen and oxygen atoms in total. The van der Waals surface area contributed by atoms with Crippen LogP contribution < -0.4 is 0 Å². The van der Waals surface area contributed by atoms with E-state index in [2.05, 4.69) is 15.9 Å². The fourth-order valence-corrected chi connectivity index (χ4v) is 4.37. The SMILES string of the molecule is O=C(O)C1CCCN1S(=O)(=O)c1cc(Cl)c(Br)cc1F. The largest absolute Gasteiger partial charge is 0.480 e. The topological polar surface area (TPSA) is 74.7 Å². The standard InChI is InChI=1S/C11H10BrClFNO4S/c12-6-4-8(14)10(5-7(6)13)20(18,19)15-3-1-2-9(15)11(16)17/h4-5,9H,1-3H2,(H,16,17). The van der Waals surface area contributed by atoms with Crippen LogP contribution in [-0.4, -0.2) is 36.4 Å². The molecule has 1 unspecified atom stereocenters. The first-order valence-electron chi connectivity index (χ1n) is 5.64. The number of carbonyl (C=O) groups is 1. The van der Waals surface area contributed by atoms with Gasteiger partial charge in [-0.3, -0.25) is 4.79 Å². The Morgan fingerprint density at radius 3 is 2.75 bits per heavy atom. The van der Waals surface area contributed by atoms with Gasteiger partial charge < -0.3 is 5.11 Å². The molecule has 1 aromatic rings. The molecular weight excluding hydrogens is 377 g/mol. The van der Waals surface area contributed by atoms with Crippen LogP contribution in [0.15, 0.2) is 21.5 Å². The molecule has 20 heavy (non-hydrogen) atoms. The molecule has 9 heteroatoms. The molecule has 0 amide bonds. The van der Waals surface area contributed by atoms with E-state index < -0.39 is 32.7 Å². The minimum atomic E-state index is -4.23. The van der Waals surface area contributed by atoms with Crippen LogP contribution in [0.1, 0.15) is 12.8 Å². The maximum Gasteiger partial charge on any atom is 0.322 e. The van der Waals surface area contributed by atoms with E-state index in [0.29, 0.717) is 6.42 Å². The average Bonchev–Trinajstić information content (AvgIpc) is 2.83. The number of sulfonamides is 1. The lowest BCUT2D eigenvalue weighted by Gasteiger charge is -2.21. The second-order valence-corrected chi connectivity index (χ2v) is 7.43. The van der Waals surface area contributed by atoms with Crippen molar-refractivity contribution in [3.63, 3.8) is 0 Å². The zero-order valence-corrected chi connectivity index (χ0v) is 13.2. The van der Waals surface area contributed by atoms with Crippen molar-refractivity contribution in [2.75, 3.05) is 6.54 Å². The van der Waals surface area contributed by atoms with Gasteiger partial charge in [0.2, 0.25) is 10.0 Å². The highest BCUT2D eigenvalue weighted by molar-refractivity contribution is 9.10. The number of hydrogen-bond acceptors (Lipinski definition) is 3. The van der Waals surface area contributed by atoms with E-state index >= 15 is 0 Å². The molecule has 0 radical (unpaired) electrons. The lowest BCUT2D eigenvalue weighted by Crippen LogP contribution is -2.40. The van der Waals surface area contributed by atoms with Gasteiger partial charge in [0, 0.05) is 11.0 Å². The minimum absolute atomic E-state index is 0.0380. The van der Waals surface area contributed by atoms with Gasteiger partial charge in [0.25, 0.3) is 0 Å². The Morgan fingerprint density at radius 1 is 1.50 bits per heavy atom. The van der Waals surface area contributed by atoms with Crippen LogP contribution in [0.3, 0.4) is 0 Å². The van der Waals surface area contributed by atoms with Crippen LogP contribution in [-0.2, 0) is 14.8 Å². The van der Waals surface area contributed by atoms with E-state index in [1.54, 1.807) is 0 Å². The molecule has 1 saturated heterocycles. The van der Waals surface area contributed by atoms with Crippen molar-refractivity contribution < 1.29 is 22.7 Å². The third-order valence-corrected chi connectivity index (χ3v) is 6.17. The van der Waals surface area contributed by atoms with Gasteiger partial charge >= 0.3 is 5.97 Å². The first-order chi connectivity index (χ1) is 9.25. The monoisotopic (exact) mass is 385 g/mol. The van der Waals surface area contributed by atoms with Gasteiger partial charge in [-0.1, -0.05) is 11.6 Å². The zero-order valence-electron chi connectivity index (χ0n) is 10.0. The van der Waals surface area contributed by atoms with Gasteiger partial charge in [-0.2, -0.15) is 4.31 Å². The molecule has 110 valence electrons. The molecule has 1 N–H and O–H groups in total. The third-order valence-electron chi connectivity index (χ3n) is 3.05. The fourth-order valence-electron chi connectivity index (χ4n) is 2.10. The summed E-state index contributed by atoms with van der Waals surface area (Å²) in [6.45, 7) is 0.0480. The van der Waals surface area contributed by atoms with Gasteiger partial charge in [0.15, 0.2) is 0 Å². The first-order valence-corrected chi connectivity index (χ1v) is 8.25. The van der Waals surface area contributed by atoms with E-state index in [1.165, 1.54) is 0 Å². The lowest BCUT2D eigenvalue weighted by molar-refractivity contribution is -0.140. The van der Waals surface area contributed by atoms with Gasteiger partial charge in [-0.25, -0.2) is 12.8 Å². The molecular formula is C11H10BrClFNO4S. The molecule has 1 atom stereocenters. The third kappa shape index (κ3) is 2.69. The average molecular weight is 387 g/mol. The summed E-state index contributed by atoms with van der Waals surface area (Å²) in [5, 5.41) is 9.07. The lowest BCUT2D eigenvalue weighted by atomic mass is 10.2. The first kappa shape index (κ1) is 15.7. The predicted octanol–water partition coefficient (Wildman–Crippen LogP) is 2.48. The summed E-state index contributed by atoms with van der Waals surface area (Å²) in [6, 6.07) is 0.760. The van der Waals surface area contributed by atoms with Gasteiger partial charge in [-0.05, 0) is 40.9 Å². The molecule has 1 aromatic carbocycles. The Hall–Kier alpha value is -0.700. The number of aliphatic carboxylic acids is 1. The molecule has 1 aliphatic heterocycles. The van der Waals surface area contributed by atoms with E-state index in [0.717, 1.165) is 16.4 Å². The molecule has 1 fully saturated rings. The summed E-state index contributed by atoms with van der Waals surface area (Å²) in [6.07, 6.45) is 0.627. The predicted molar refractivity (Wildman–Crippen MR) is 73.7 cm³/mol. The molecule has 1 aliphatic rings. The normalized spacial score (nSPS) is 20.2. The van der Waals surface area contributed by atoms with Gasteiger partial charge in [0.1, 0.15) is 16.8 Å². The number of hydrogen-bond donors (Lipinski definition) is 1. The highest BCUT2D eigenvalue weighted by Crippen LogP contribution is 2.32. The summed E-state index contributed by atoms with van der Waals surface area (Å²) in [5.74, 6) is -2.22. The fraction of sp³-hybridized carbons (Fsp3) is 0.364. The van der Waals surface area contributed by atoms with E-state index in [-0.39, 0.29) is 22.5 Å². The van der Waals surface area contributed by atoms with E-state index in [9.17, 15) is 17.6 Å². The maximum absolute atomic E-state index is 13.9. The Morgan fingerprint density at radius 2 is 2.15 bits per heavy atom. The van der Waals surface area contributed by atoms with Crippen molar-refractivity contribution >= 4 is 43.5 Å². The Kier molecular flexibility index (Phi) is 4.38. The van der Waals surface area contributed by atoms with Crippen LogP contribution in [0.5, 0.6) is 0 Å². The molecule has 0 aliphatic carbocycles. The summed E-state index contributed by atoms with van der Waals surface area (Å²) < 4.78 is 39.7.